The van der Waals surface area contributed by atoms with E-state index < -0.39 is 0 Å². The molecule has 6 nitrogen and oxygen atoms in total. The summed E-state index contributed by atoms with van der Waals surface area (Å²) in [7, 11) is 1.62. The number of nitrogens with one attached hydrogen (secondary N) is 1. The van der Waals surface area contributed by atoms with Gasteiger partial charge in [0.25, 0.3) is 5.91 Å². The van der Waals surface area contributed by atoms with Crippen molar-refractivity contribution in [1.29, 1.82) is 0 Å². The molecule has 148 valence electrons. The van der Waals surface area contributed by atoms with E-state index in [9.17, 15) is 4.79 Å². The van der Waals surface area contributed by atoms with Gasteiger partial charge in [-0.25, -0.2) is 4.68 Å². The number of benzene rings is 3. The molecule has 1 N–H and O–H groups in total. The third-order valence-electron chi connectivity index (χ3n) is 5.24. The van der Waals surface area contributed by atoms with Crippen LogP contribution in [0.4, 0.5) is 11.4 Å². The first-order valence-electron chi connectivity index (χ1n) is 9.68. The molecular formula is C24H20N4O2. The van der Waals surface area contributed by atoms with E-state index in [1.54, 1.807) is 22.9 Å². The number of carbonyl (C=O) groups excluding carboxylic acids is 1. The van der Waals surface area contributed by atoms with Crippen molar-refractivity contribution in [2.75, 3.05) is 17.3 Å². The van der Waals surface area contributed by atoms with Gasteiger partial charge in [-0.05, 0) is 48.0 Å². The molecule has 1 aliphatic heterocycles. The third-order valence-corrected chi connectivity index (χ3v) is 5.24. The molecule has 0 saturated carbocycles. The average molecular weight is 396 g/mol. The lowest BCUT2D eigenvalue weighted by Gasteiger charge is -2.38. The molecule has 0 aliphatic carbocycles. The van der Waals surface area contributed by atoms with Gasteiger partial charge < -0.3 is 10.1 Å². The first kappa shape index (κ1) is 18.0. The van der Waals surface area contributed by atoms with Crippen LogP contribution in [0.15, 0.2) is 91.3 Å². The summed E-state index contributed by atoms with van der Waals surface area (Å²) in [5, 5.41) is 7.80. The SMILES string of the molecule is COc1cccc(N2C(=O)c3ccccc3NC2c2ccc(-n3cccn3)cc2)c1. The standard InChI is InChI=1S/C24H20N4O2/c1-30-20-7-4-6-19(16-20)28-23(26-22-9-3-2-8-21(22)24(28)29)17-10-12-18(13-11-17)27-15-5-14-25-27/h2-16,23,26H,1H3. The second kappa shape index (κ2) is 7.40. The summed E-state index contributed by atoms with van der Waals surface area (Å²) < 4.78 is 7.18. The molecule has 1 unspecified atom stereocenters. The lowest BCUT2D eigenvalue weighted by Crippen LogP contribution is -2.43. The average Bonchev–Trinajstić information content (AvgIpc) is 3.34. The molecule has 4 aromatic rings. The van der Waals surface area contributed by atoms with Gasteiger partial charge in [-0.3, -0.25) is 9.69 Å². The third kappa shape index (κ3) is 3.08. The minimum atomic E-state index is -0.355. The maximum Gasteiger partial charge on any atom is 0.262 e. The Morgan fingerprint density at radius 3 is 2.53 bits per heavy atom. The number of rotatable bonds is 4. The first-order valence-corrected chi connectivity index (χ1v) is 9.68. The van der Waals surface area contributed by atoms with Gasteiger partial charge in [-0.2, -0.15) is 5.10 Å². The van der Waals surface area contributed by atoms with Crippen molar-refractivity contribution in [3.05, 3.63) is 102 Å². The lowest BCUT2D eigenvalue weighted by atomic mass is 10.0. The molecule has 5 rings (SSSR count). The van der Waals surface area contributed by atoms with Crippen LogP contribution in [0.1, 0.15) is 22.1 Å². The van der Waals surface area contributed by atoms with Gasteiger partial charge in [-0.15, -0.1) is 0 Å². The number of anilines is 2. The van der Waals surface area contributed by atoms with E-state index >= 15 is 0 Å². The Morgan fingerprint density at radius 1 is 0.933 bits per heavy atom. The summed E-state index contributed by atoms with van der Waals surface area (Å²) in [6.45, 7) is 0. The highest BCUT2D eigenvalue weighted by Gasteiger charge is 2.34. The zero-order chi connectivity index (χ0) is 20.5. The van der Waals surface area contributed by atoms with E-state index in [0.717, 1.165) is 22.6 Å². The Balaban J connectivity index is 1.59. The number of fused-ring (bicyclic) bond motifs is 1. The number of aromatic nitrogens is 2. The lowest BCUT2D eigenvalue weighted by molar-refractivity contribution is 0.0975. The highest BCUT2D eigenvalue weighted by atomic mass is 16.5. The van der Waals surface area contributed by atoms with Gasteiger partial charge in [0.2, 0.25) is 0 Å². The molecule has 1 atom stereocenters. The van der Waals surface area contributed by atoms with E-state index in [1.165, 1.54) is 0 Å². The Kier molecular flexibility index (Phi) is 4.44. The zero-order valence-electron chi connectivity index (χ0n) is 16.4. The fourth-order valence-corrected chi connectivity index (χ4v) is 3.74. The molecule has 1 aliphatic rings. The minimum Gasteiger partial charge on any atom is -0.497 e. The maximum absolute atomic E-state index is 13.5. The molecule has 6 heteroatoms. The van der Waals surface area contributed by atoms with Crippen molar-refractivity contribution in [3.63, 3.8) is 0 Å². The highest BCUT2D eigenvalue weighted by Crippen LogP contribution is 2.37. The quantitative estimate of drug-likeness (QED) is 0.545. The van der Waals surface area contributed by atoms with Gasteiger partial charge in [0.1, 0.15) is 11.9 Å². The second-order valence-corrected chi connectivity index (χ2v) is 7.01. The summed E-state index contributed by atoms with van der Waals surface area (Å²) >= 11 is 0. The number of hydrogen-bond donors (Lipinski definition) is 1. The summed E-state index contributed by atoms with van der Waals surface area (Å²) in [6, 6.07) is 25.0. The van der Waals surface area contributed by atoms with Crippen LogP contribution >= 0.6 is 0 Å². The summed E-state index contributed by atoms with van der Waals surface area (Å²) in [4.78, 5) is 15.3. The van der Waals surface area contributed by atoms with Crippen LogP contribution in [0.5, 0.6) is 5.75 Å². The molecule has 0 saturated heterocycles. The molecule has 30 heavy (non-hydrogen) atoms. The van der Waals surface area contributed by atoms with Crippen LogP contribution in [-0.2, 0) is 0 Å². The van der Waals surface area contributed by atoms with E-state index in [-0.39, 0.29) is 12.1 Å². The number of methoxy groups -OCH3 is 1. The minimum absolute atomic E-state index is 0.0567. The monoisotopic (exact) mass is 396 g/mol. The Hall–Kier alpha value is -4.06. The second-order valence-electron chi connectivity index (χ2n) is 7.01. The Labute approximate surface area is 174 Å². The predicted molar refractivity (Wildman–Crippen MR) is 116 cm³/mol. The molecule has 0 spiro atoms. The van der Waals surface area contributed by atoms with Crippen LogP contribution in [0.2, 0.25) is 0 Å². The van der Waals surface area contributed by atoms with Crippen LogP contribution < -0.4 is 15.0 Å². The van der Waals surface area contributed by atoms with E-state index in [1.807, 2.05) is 85.1 Å². The summed E-state index contributed by atoms with van der Waals surface area (Å²) in [6.07, 6.45) is 3.29. The number of para-hydroxylation sites is 1. The van der Waals surface area contributed by atoms with Crippen molar-refractivity contribution < 1.29 is 9.53 Å². The van der Waals surface area contributed by atoms with E-state index in [2.05, 4.69) is 10.4 Å². The Morgan fingerprint density at radius 2 is 1.77 bits per heavy atom. The fourth-order valence-electron chi connectivity index (χ4n) is 3.74. The largest absolute Gasteiger partial charge is 0.497 e. The van der Waals surface area contributed by atoms with Gasteiger partial charge in [0.15, 0.2) is 0 Å². The number of amides is 1. The van der Waals surface area contributed by atoms with Crippen molar-refractivity contribution in [2.24, 2.45) is 0 Å². The molecule has 1 amide bonds. The Bertz CT molecular complexity index is 1190. The van der Waals surface area contributed by atoms with Crippen LogP contribution in [-0.4, -0.2) is 22.8 Å². The zero-order valence-corrected chi connectivity index (χ0v) is 16.4. The van der Waals surface area contributed by atoms with Crippen molar-refractivity contribution >= 4 is 17.3 Å². The summed E-state index contributed by atoms with van der Waals surface area (Å²) in [5.41, 5.74) is 4.16. The normalized spacial score (nSPS) is 15.4. The molecular weight excluding hydrogens is 376 g/mol. The fraction of sp³-hybridized carbons (Fsp3) is 0.0833. The van der Waals surface area contributed by atoms with Gasteiger partial charge in [0.05, 0.1) is 24.0 Å². The predicted octanol–water partition coefficient (Wildman–Crippen LogP) is 4.65. The topological polar surface area (TPSA) is 59.4 Å². The first-order chi connectivity index (χ1) is 14.7. The maximum atomic E-state index is 13.5. The summed E-state index contributed by atoms with van der Waals surface area (Å²) in [5.74, 6) is 0.644. The molecule has 2 heterocycles. The number of nitrogens with zero attached hydrogens (tertiary/aromatic N) is 3. The van der Waals surface area contributed by atoms with E-state index in [0.29, 0.717) is 11.3 Å². The van der Waals surface area contributed by atoms with Crippen molar-refractivity contribution in [2.45, 2.75) is 6.17 Å². The van der Waals surface area contributed by atoms with Crippen LogP contribution in [0.25, 0.3) is 5.69 Å². The number of carbonyl (C=O) groups is 1. The van der Waals surface area contributed by atoms with Crippen molar-refractivity contribution in [3.8, 4) is 11.4 Å². The molecule has 0 fully saturated rings. The highest BCUT2D eigenvalue weighted by molar-refractivity contribution is 6.12. The molecule has 3 aromatic carbocycles. The van der Waals surface area contributed by atoms with Gasteiger partial charge >= 0.3 is 0 Å². The van der Waals surface area contributed by atoms with Crippen LogP contribution in [0, 0.1) is 0 Å². The number of ether oxygens (including phenoxy) is 1. The van der Waals surface area contributed by atoms with Crippen LogP contribution in [0.3, 0.4) is 0 Å². The number of hydrogen-bond acceptors (Lipinski definition) is 4. The molecule has 1 aromatic heterocycles. The molecule has 0 bridgehead atoms. The van der Waals surface area contributed by atoms with Gasteiger partial charge in [-0.1, -0.05) is 30.3 Å². The smallest absolute Gasteiger partial charge is 0.262 e. The van der Waals surface area contributed by atoms with E-state index in [4.69, 9.17) is 4.74 Å². The molecule has 0 radical (unpaired) electrons. The van der Waals surface area contributed by atoms with Gasteiger partial charge in [0, 0.05) is 24.1 Å². The van der Waals surface area contributed by atoms with Crippen molar-refractivity contribution in [1.82, 2.24) is 9.78 Å².